The highest BCUT2D eigenvalue weighted by molar-refractivity contribution is 7.90. The molecule has 0 aliphatic heterocycles. The van der Waals surface area contributed by atoms with Crippen molar-refractivity contribution in [3.05, 3.63) is 0 Å². The Labute approximate surface area is 103 Å². The molecule has 2 aliphatic rings. The van der Waals surface area contributed by atoms with E-state index in [1.54, 1.807) is 0 Å². The standard InChI is InChI=1S/C11H21N3O2S/c12-11(13)10(8-4-2-1-3-5-8)14-17(15,16)9-6-7-9/h8-10,14H,1-7H2,(H3,12,13). The van der Waals surface area contributed by atoms with Crippen LogP contribution >= 0.6 is 0 Å². The van der Waals surface area contributed by atoms with Crippen molar-refractivity contribution in [2.45, 2.75) is 56.2 Å². The van der Waals surface area contributed by atoms with Crippen molar-refractivity contribution in [1.29, 1.82) is 5.41 Å². The van der Waals surface area contributed by atoms with Crippen LogP contribution in [0, 0.1) is 11.3 Å². The van der Waals surface area contributed by atoms with E-state index >= 15 is 0 Å². The van der Waals surface area contributed by atoms with Gasteiger partial charge in [-0.2, -0.15) is 0 Å². The van der Waals surface area contributed by atoms with Crippen molar-refractivity contribution in [1.82, 2.24) is 4.72 Å². The molecule has 0 amide bonds. The number of amidine groups is 1. The average molecular weight is 259 g/mol. The maximum Gasteiger partial charge on any atom is 0.215 e. The first kappa shape index (κ1) is 12.8. The Morgan fingerprint density at radius 3 is 2.24 bits per heavy atom. The lowest BCUT2D eigenvalue weighted by atomic mass is 9.84. The van der Waals surface area contributed by atoms with Crippen LogP contribution in [0.4, 0.5) is 0 Å². The van der Waals surface area contributed by atoms with Gasteiger partial charge < -0.3 is 5.73 Å². The summed E-state index contributed by atoms with van der Waals surface area (Å²) in [6.45, 7) is 0. The lowest BCUT2D eigenvalue weighted by Gasteiger charge is -2.29. The molecule has 17 heavy (non-hydrogen) atoms. The molecule has 5 nitrogen and oxygen atoms in total. The summed E-state index contributed by atoms with van der Waals surface area (Å²) in [4.78, 5) is 0. The molecular formula is C11H21N3O2S. The molecule has 0 heterocycles. The highest BCUT2D eigenvalue weighted by atomic mass is 32.2. The smallest absolute Gasteiger partial charge is 0.215 e. The quantitative estimate of drug-likeness (QED) is 0.506. The van der Waals surface area contributed by atoms with Gasteiger partial charge in [0, 0.05) is 0 Å². The Morgan fingerprint density at radius 1 is 1.18 bits per heavy atom. The van der Waals surface area contributed by atoms with Crippen LogP contribution in [0.15, 0.2) is 0 Å². The van der Waals surface area contributed by atoms with Gasteiger partial charge in [0.1, 0.15) is 5.84 Å². The van der Waals surface area contributed by atoms with Gasteiger partial charge in [-0.15, -0.1) is 0 Å². The molecule has 1 atom stereocenters. The van der Waals surface area contributed by atoms with Gasteiger partial charge in [0.2, 0.25) is 10.0 Å². The van der Waals surface area contributed by atoms with Gasteiger partial charge in [0.15, 0.2) is 0 Å². The lowest BCUT2D eigenvalue weighted by Crippen LogP contribution is -2.50. The summed E-state index contributed by atoms with van der Waals surface area (Å²) >= 11 is 0. The maximum atomic E-state index is 11.9. The molecule has 2 rings (SSSR count). The zero-order chi connectivity index (χ0) is 12.5. The topological polar surface area (TPSA) is 96.0 Å². The van der Waals surface area contributed by atoms with Gasteiger partial charge >= 0.3 is 0 Å². The first-order valence-electron chi connectivity index (χ1n) is 6.36. The lowest BCUT2D eigenvalue weighted by molar-refractivity contribution is 0.328. The fourth-order valence-electron chi connectivity index (χ4n) is 2.53. The molecule has 0 radical (unpaired) electrons. The van der Waals surface area contributed by atoms with Gasteiger partial charge in [-0.25, -0.2) is 13.1 Å². The van der Waals surface area contributed by atoms with Crippen molar-refractivity contribution in [2.24, 2.45) is 11.7 Å². The number of nitrogens with one attached hydrogen (secondary N) is 2. The van der Waals surface area contributed by atoms with Crippen LogP contribution in [0.2, 0.25) is 0 Å². The highest BCUT2D eigenvalue weighted by Crippen LogP contribution is 2.30. The van der Waals surface area contributed by atoms with Crippen molar-refractivity contribution in [3.63, 3.8) is 0 Å². The van der Waals surface area contributed by atoms with Gasteiger partial charge in [-0.05, 0) is 31.6 Å². The van der Waals surface area contributed by atoms with Crippen LogP contribution in [-0.4, -0.2) is 25.5 Å². The second kappa shape index (κ2) is 4.94. The molecular weight excluding hydrogens is 238 g/mol. The summed E-state index contributed by atoms with van der Waals surface area (Å²) in [7, 11) is -3.25. The predicted octanol–water partition coefficient (Wildman–Crippen LogP) is 0.953. The largest absolute Gasteiger partial charge is 0.386 e. The van der Waals surface area contributed by atoms with Crippen LogP contribution in [0.25, 0.3) is 0 Å². The molecule has 0 saturated heterocycles. The Kier molecular flexibility index (Phi) is 3.73. The predicted molar refractivity (Wildman–Crippen MR) is 67.4 cm³/mol. The molecule has 6 heteroatoms. The minimum Gasteiger partial charge on any atom is -0.386 e. The summed E-state index contributed by atoms with van der Waals surface area (Å²) < 4.78 is 26.4. The average Bonchev–Trinajstić information content (AvgIpc) is 3.11. The molecule has 0 aromatic carbocycles. The molecule has 0 bridgehead atoms. The molecule has 2 fully saturated rings. The molecule has 0 aromatic heterocycles. The van der Waals surface area contributed by atoms with Crippen molar-refractivity contribution in [2.75, 3.05) is 0 Å². The van der Waals surface area contributed by atoms with Crippen molar-refractivity contribution >= 4 is 15.9 Å². The Balaban J connectivity index is 2.03. The number of hydrogen-bond acceptors (Lipinski definition) is 3. The molecule has 4 N–H and O–H groups in total. The summed E-state index contributed by atoms with van der Waals surface area (Å²) in [6.07, 6.45) is 6.85. The summed E-state index contributed by atoms with van der Waals surface area (Å²) in [5.74, 6) is 0.163. The molecule has 2 saturated carbocycles. The van der Waals surface area contributed by atoms with E-state index in [4.69, 9.17) is 11.1 Å². The summed E-state index contributed by atoms with van der Waals surface area (Å²) in [6, 6.07) is -0.485. The number of hydrogen-bond donors (Lipinski definition) is 3. The van der Waals surface area contributed by atoms with E-state index < -0.39 is 16.1 Å². The van der Waals surface area contributed by atoms with Crippen LogP contribution < -0.4 is 10.5 Å². The SMILES string of the molecule is N=C(N)C(NS(=O)(=O)C1CC1)C1CCCCC1. The van der Waals surface area contributed by atoms with E-state index in [-0.39, 0.29) is 17.0 Å². The van der Waals surface area contributed by atoms with Crippen LogP contribution in [0.5, 0.6) is 0 Å². The minimum absolute atomic E-state index is 0.0406. The van der Waals surface area contributed by atoms with E-state index in [2.05, 4.69) is 4.72 Å². The van der Waals surface area contributed by atoms with Gasteiger partial charge in [-0.3, -0.25) is 5.41 Å². The van der Waals surface area contributed by atoms with Gasteiger partial charge in [-0.1, -0.05) is 19.3 Å². The summed E-state index contributed by atoms with van der Waals surface area (Å²) in [5, 5.41) is 7.34. The second-order valence-corrected chi connectivity index (χ2v) is 7.19. The Hall–Kier alpha value is -0.620. The third-order valence-corrected chi connectivity index (χ3v) is 5.64. The highest BCUT2D eigenvalue weighted by Gasteiger charge is 2.39. The van der Waals surface area contributed by atoms with E-state index in [9.17, 15) is 8.42 Å². The van der Waals surface area contributed by atoms with Crippen LogP contribution in [0.3, 0.4) is 0 Å². The number of rotatable bonds is 5. The number of sulfonamides is 1. The second-order valence-electron chi connectivity index (χ2n) is 5.19. The molecule has 0 aromatic rings. The van der Waals surface area contributed by atoms with Crippen LogP contribution in [-0.2, 0) is 10.0 Å². The molecule has 1 unspecified atom stereocenters. The van der Waals surface area contributed by atoms with Crippen molar-refractivity contribution in [3.8, 4) is 0 Å². The molecule has 98 valence electrons. The maximum absolute atomic E-state index is 11.9. The zero-order valence-corrected chi connectivity index (χ0v) is 10.8. The van der Waals surface area contributed by atoms with E-state index in [1.165, 1.54) is 6.42 Å². The van der Waals surface area contributed by atoms with Crippen molar-refractivity contribution < 1.29 is 8.42 Å². The Bertz CT molecular complexity index is 384. The first-order chi connectivity index (χ1) is 8.00. The molecule has 0 spiro atoms. The first-order valence-corrected chi connectivity index (χ1v) is 7.90. The fourth-order valence-corrected chi connectivity index (χ4v) is 4.16. The Morgan fingerprint density at radius 2 is 1.76 bits per heavy atom. The third-order valence-electron chi connectivity index (χ3n) is 3.71. The van der Waals surface area contributed by atoms with Gasteiger partial charge in [0.25, 0.3) is 0 Å². The monoisotopic (exact) mass is 259 g/mol. The van der Waals surface area contributed by atoms with Gasteiger partial charge in [0.05, 0.1) is 11.3 Å². The fraction of sp³-hybridized carbons (Fsp3) is 0.909. The zero-order valence-electron chi connectivity index (χ0n) is 9.98. The number of nitrogens with two attached hydrogens (primary N) is 1. The normalized spacial score (nSPS) is 24.5. The van der Waals surface area contributed by atoms with Crippen LogP contribution in [0.1, 0.15) is 44.9 Å². The third kappa shape index (κ3) is 3.19. The van der Waals surface area contributed by atoms with E-state index in [1.807, 2.05) is 0 Å². The minimum atomic E-state index is -3.25. The molecule has 2 aliphatic carbocycles. The van der Waals surface area contributed by atoms with E-state index in [0.29, 0.717) is 0 Å². The van der Waals surface area contributed by atoms with E-state index in [0.717, 1.165) is 38.5 Å². The summed E-state index contributed by atoms with van der Waals surface area (Å²) in [5.41, 5.74) is 5.55.